The summed E-state index contributed by atoms with van der Waals surface area (Å²) in [5, 5.41) is 0. The molecular weight excluding hydrogens is 126 g/mol. The van der Waals surface area contributed by atoms with Gasteiger partial charge in [0.25, 0.3) is 0 Å². The Bertz CT molecular complexity index is 140. The summed E-state index contributed by atoms with van der Waals surface area (Å²) in [4.78, 5) is 11.1. The van der Waals surface area contributed by atoms with Crippen LogP contribution >= 0.6 is 0 Å². The van der Waals surface area contributed by atoms with Crippen LogP contribution in [0.4, 0.5) is 0 Å². The topological polar surface area (TPSA) is 43.1 Å². The van der Waals surface area contributed by atoms with E-state index in [0.29, 0.717) is 12.1 Å². The second-order valence-electron chi connectivity index (χ2n) is 2.62. The Balaban J connectivity index is 3.82. The molecule has 0 radical (unpaired) electrons. The summed E-state index contributed by atoms with van der Waals surface area (Å²) >= 11 is 0. The molecule has 0 aromatic rings. The molecule has 58 valence electrons. The number of hydrogen-bond acceptors (Lipinski definition) is 2. The van der Waals surface area contributed by atoms with Crippen molar-refractivity contribution >= 4 is 5.78 Å². The molecule has 0 aromatic carbocycles. The molecule has 10 heavy (non-hydrogen) atoms. The van der Waals surface area contributed by atoms with Gasteiger partial charge in [-0.3, -0.25) is 4.79 Å². The number of allylic oxidation sites excluding steroid dienone is 1. The van der Waals surface area contributed by atoms with E-state index in [1.807, 2.05) is 6.92 Å². The Morgan fingerprint density at radius 2 is 2.20 bits per heavy atom. The molecule has 0 heterocycles. The van der Waals surface area contributed by atoms with Crippen LogP contribution in [0.15, 0.2) is 12.2 Å². The predicted molar refractivity (Wildman–Crippen MR) is 42.7 cm³/mol. The number of Topliss-reactive ketones (excluding diaryl/α,β-unsaturated/α-hetero) is 1. The van der Waals surface area contributed by atoms with Crippen LogP contribution in [-0.4, -0.2) is 12.3 Å². The molecule has 0 rings (SSSR count). The van der Waals surface area contributed by atoms with Crippen LogP contribution < -0.4 is 5.73 Å². The first-order chi connectivity index (χ1) is 4.59. The fourth-order valence-electron chi connectivity index (χ4n) is 0.802. The number of carbonyl (C=O) groups excluding carboxylic acids is 1. The van der Waals surface area contributed by atoms with Crippen molar-refractivity contribution in [1.29, 1.82) is 0 Å². The van der Waals surface area contributed by atoms with Crippen molar-refractivity contribution in [3.63, 3.8) is 0 Å². The Morgan fingerprint density at radius 3 is 2.50 bits per heavy atom. The predicted octanol–water partition coefficient (Wildman–Crippen LogP) is 1.12. The van der Waals surface area contributed by atoms with Crippen molar-refractivity contribution in [3.8, 4) is 0 Å². The first kappa shape index (κ1) is 9.37. The van der Waals surface area contributed by atoms with E-state index in [2.05, 4.69) is 6.58 Å². The van der Waals surface area contributed by atoms with Gasteiger partial charge in [-0.05, 0) is 25.5 Å². The van der Waals surface area contributed by atoms with Gasteiger partial charge in [0.05, 0.1) is 0 Å². The lowest BCUT2D eigenvalue weighted by Crippen LogP contribution is -2.15. The van der Waals surface area contributed by atoms with Crippen LogP contribution in [0, 0.1) is 5.92 Å². The van der Waals surface area contributed by atoms with Gasteiger partial charge in [0.2, 0.25) is 0 Å². The van der Waals surface area contributed by atoms with Crippen LogP contribution in [0.3, 0.4) is 0 Å². The monoisotopic (exact) mass is 141 g/mol. The van der Waals surface area contributed by atoms with Gasteiger partial charge in [-0.1, -0.05) is 13.5 Å². The average Bonchev–Trinajstić information content (AvgIpc) is 1.87. The second kappa shape index (κ2) is 4.23. The van der Waals surface area contributed by atoms with E-state index >= 15 is 0 Å². The van der Waals surface area contributed by atoms with Gasteiger partial charge < -0.3 is 5.73 Å². The Kier molecular flexibility index (Phi) is 3.96. The quantitative estimate of drug-likeness (QED) is 0.596. The minimum absolute atomic E-state index is 0.0440. The molecule has 0 saturated heterocycles. The van der Waals surface area contributed by atoms with Crippen LogP contribution in [0.1, 0.15) is 20.3 Å². The van der Waals surface area contributed by atoms with Crippen molar-refractivity contribution in [2.45, 2.75) is 20.3 Å². The molecule has 0 aliphatic rings. The summed E-state index contributed by atoms with van der Waals surface area (Å²) in [7, 11) is 0. The first-order valence-corrected chi connectivity index (χ1v) is 3.49. The van der Waals surface area contributed by atoms with Crippen molar-refractivity contribution in [3.05, 3.63) is 12.2 Å². The van der Waals surface area contributed by atoms with Crippen molar-refractivity contribution in [2.24, 2.45) is 11.7 Å². The summed E-state index contributed by atoms with van der Waals surface area (Å²) in [5.74, 6) is 0.174. The Hall–Kier alpha value is -0.630. The zero-order chi connectivity index (χ0) is 8.15. The van der Waals surface area contributed by atoms with Crippen molar-refractivity contribution in [1.82, 2.24) is 0 Å². The summed E-state index contributed by atoms with van der Waals surface area (Å²) in [6, 6.07) is 0. The molecule has 0 spiro atoms. The van der Waals surface area contributed by atoms with Crippen molar-refractivity contribution in [2.75, 3.05) is 6.54 Å². The lowest BCUT2D eigenvalue weighted by atomic mass is 9.98. The molecule has 0 amide bonds. The van der Waals surface area contributed by atoms with E-state index < -0.39 is 0 Å². The molecule has 0 aromatic heterocycles. The fraction of sp³-hybridized carbons (Fsp3) is 0.625. The Labute approximate surface area is 62.1 Å². The highest BCUT2D eigenvalue weighted by atomic mass is 16.1. The standard InChI is InChI=1S/C8H15NO/c1-6(2)8(10)7(3)4-5-9/h7H,1,4-5,9H2,2-3H3. The Morgan fingerprint density at radius 1 is 1.70 bits per heavy atom. The molecule has 0 bridgehead atoms. The minimum Gasteiger partial charge on any atom is -0.330 e. The molecule has 0 aliphatic carbocycles. The molecule has 0 saturated carbocycles. The fourth-order valence-corrected chi connectivity index (χ4v) is 0.802. The SMILES string of the molecule is C=C(C)C(=O)C(C)CCN. The van der Waals surface area contributed by atoms with E-state index in [1.54, 1.807) is 6.92 Å². The average molecular weight is 141 g/mol. The smallest absolute Gasteiger partial charge is 0.160 e. The largest absolute Gasteiger partial charge is 0.330 e. The second-order valence-corrected chi connectivity index (χ2v) is 2.62. The molecule has 1 unspecified atom stereocenters. The first-order valence-electron chi connectivity index (χ1n) is 3.49. The van der Waals surface area contributed by atoms with E-state index in [4.69, 9.17) is 5.73 Å². The molecule has 2 N–H and O–H groups in total. The molecule has 2 nitrogen and oxygen atoms in total. The zero-order valence-corrected chi connectivity index (χ0v) is 6.68. The molecule has 1 atom stereocenters. The van der Waals surface area contributed by atoms with Gasteiger partial charge in [-0.15, -0.1) is 0 Å². The van der Waals surface area contributed by atoms with E-state index in [1.165, 1.54) is 0 Å². The van der Waals surface area contributed by atoms with Crippen LogP contribution in [-0.2, 0) is 4.79 Å². The highest BCUT2D eigenvalue weighted by Crippen LogP contribution is 2.06. The van der Waals surface area contributed by atoms with E-state index in [-0.39, 0.29) is 11.7 Å². The third-order valence-electron chi connectivity index (χ3n) is 1.47. The van der Waals surface area contributed by atoms with Gasteiger partial charge >= 0.3 is 0 Å². The van der Waals surface area contributed by atoms with Gasteiger partial charge in [-0.25, -0.2) is 0 Å². The molecule has 0 aliphatic heterocycles. The summed E-state index contributed by atoms with van der Waals surface area (Å²) in [6.07, 6.45) is 0.756. The maximum atomic E-state index is 11.1. The maximum absolute atomic E-state index is 11.1. The third-order valence-corrected chi connectivity index (χ3v) is 1.47. The highest BCUT2D eigenvalue weighted by molar-refractivity contribution is 5.95. The lowest BCUT2D eigenvalue weighted by molar-refractivity contribution is -0.118. The van der Waals surface area contributed by atoms with Gasteiger partial charge in [-0.2, -0.15) is 0 Å². The van der Waals surface area contributed by atoms with E-state index in [0.717, 1.165) is 6.42 Å². The number of nitrogens with two attached hydrogens (primary N) is 1. The summed E-state index contributed by atoms with van der Waals surface area (Å²) < 4.78 is 0. The van der Waals surface area contributed by atoms with Gasteiger partial charge in [0.15, 0.2) is 5.78 Å². The normalized spacial score (nSPS) is 12.7. The third kappa shape index (κ3) is 2.78. The number of rotatable bonds is 4. The molecule has 2 heteroatoms. The summed E-state index contributed by atoms with van der Waals surface area (Å²) in [6.45, 7) is 7.75. The lowest BCUT2D eigenvalue weighted by Gasteiger charge is -2.06. The molecular formula is C8H15NO. The maximum Gasteiger partial charge on any atom is 0.160 e. The van der Waals surface area contributed by atoms with Crippen LogP contribution in [0.2, 0.25) is 0 Å². The minimum atomic E-state index is 0.0440. The number of ketones is 1. The van der Waals surface area contributed by atoms with Gasteiger partial charge in [0.1, 0.15) is 0 Å². The van der Waals surface area contributed by atoms with Crippen LogP contribution in [0.5, 0.6) is 0 Å². The highest BCUT2D eigenvalue weighted by Gasteiger charge is 2.11. The van der Waals surface area contributed by atoms with Crippen LogP contribution in [0.25, 0.3) is 0 Å². The zero-order valence-electron chi connectivity index (χ0n) is 6.68. The van der Waals surface area contributed by atoms with E-state index in [9.17, 15) is 4.79 Å². The van der Waals surface area contributed by atoms with Gasteiger partial charge in [0, 0.05) is 5.92 Å². The summed E-state index contributed by atoms with van der Waals surface area (Å²) in [5.41, 5.74) is 5.91. The van der Waals surface area contributed by atoms with Crippen molar-refractivity contribution < 1.29 is 4.79 Å². The molecule has 0 fully saturated rings. The number of hydrogen-bond donors (Lipinski definition) is 1. The number of carbonyl (C=O) groups is 1.